The molecule has 0 unspecified atom stereocenters. The van der Waals surface area contributed by atoms with E-state index in [0.717, 1.165) is 12.1 Å². The van der Waals surface area contributed by atoms with Crippen LogP contribution in [-0.2, 0) is 9.53 Å². The van der Waals surface area contributed by atoms with Gasteiger partial charge >= 0.3 is 5.97 Å². The van der Waals surface area contributed by atoms with Crippen LogP contribution in [-0.4, -0.2) is 16.9 Å². The molecule has 1 atom stereocenters. The van der Waals surface area contributed by atoms with Crippen molar-refractivity contribution in [3.05, 3.63) is 82.0 Å². The van der Waals surface area contributed by atoms with Crippen molar-refractivity contribution >= 4 is 22.6 Å². The van der Waals surface area contributed by atoms with Crippen molar-refractivity contribution in [3.63, 3.8) is 0 Å². The lowest BCUT2D eigenvalue weighted by molar-refractivity contribution is -0.127. The van der Waals surface area contributed by atoms with Crippen LogP contribution < -0.4 is 11.3 Å². The number of H-pyrrole nitrogens is 1. The number of nitrogens with two attached hydrogens (primary N) is 1. The van der Waals surface area contributed by atoms with Crippen molar-refractivity contribution < 1.29 is 18.7 Å². The summed E-state index contributed by atoms with van der Waals surface area (Å²) < 4.78 is 18.1. The average molecular weight is 340 g/mol. The monoisotopic (exact) mass is 340 g/mol. The number of amides is 1. The van der Waals surface area contributed by atoms with E-state index in [9.17, 15) is 18.8 Å². The van der Waals surface area contributed by atoms with E-state index in [1.54, 1.807) is 24.3 Å². The molecule has 126 valence electrons. The van der Waals surface area contributed by atoms with Gasteiger partial charge in [0, 0.05) is 10.9 Å². The van der Waals surface area contributed by atoms with Crippen molar-refractivity contribution in [1.29, 1.82) is 0 Å². The van der Waals surface area contributed by atoms with Crippen LogP contribution in [0.1, 0.15) is 22.2 Å². The summed E-state index contributed by atoms with van der Waals surface area (Å²) in [5.41, 5.74) is 4.93. The molecule has 0 fully saturated rings. The maximum Gasteiger partial charge on any atom is 0.355 e. The molecule has 0 aliphatic carbocycles. The van der Waals surface area contributed by atoms with E-state index in [4.69, 9.17) is 10.5 Å². The van der Waals surface area contributed by atoms with Crippen LogP contribution in [0.15, 0.2) is 59.4 Å². The van der Waals surface area contributed by atoms with Gasteiger partial charge in [-0.25, -0.2) is 9.18 Å². The quantitative estimate of drug-likeness (QED) is 0.710. The number of nitrogens with one attached hydrogen (secondary N) is 1. The number of hydrogen-bond acceptors (Lipinski definition) is 4. The second kappa shape index (κ2) is 6.56. The number of halogens is 1. The fourth-order valence-corrected chi connectivity index (χ4v) is 2.42. The Hall–Kier alpha value is -3.48. The SMILES string of the molecule is NC(=O)[C@H](OC(=O)c1cc2ccccc2c(=O)[nH]1)c1ccc(F)cc1. The molecule has 0 bridgehead atoms. The minimum atomic E-state index is -1.40. The number of rotatable bonds is 4. The van der Waals surface area contributed by atoms with Gasteiger partial charge < -0.3 is 15.5 Å². The van der Waals surface area contributed by atoms with E-state index in [2.05, 4.69) is 4.98 Å². The summed E-state index contributed by atoms with van der Waals surface area (Å²) in [7, 11) is 0. The number of ether oxygens (including phenoxy) is 1. The van der Waals surface area contributed by atoms with Crippen LogP contribution >= 0.6 is 0 Å². The number of aromatic nitrogens is 1. The number of hydrogen-bond donors (Lipinski definition) is 2. The summed E-state index contributed by atoms with van der Waals surface area (Å²) in [5.74, 6) is -2.34. The van der Waals surface area contributed by atoms with Crippen LogP contribution in [0.25, 0.3) is 10.8 Å². The molecule has 3 aromatic rings. The highest BCUT2D eigenvalue weighted by atomic mass is 19.1. The minimum absolute atomic E-state index is 0.114. The van der Waals surface area contributed by atoms with E-state index in [0.29, 0.717) is 10.8 Å². The number of esters is 1. The lowest BCUT2D eigenvalue weighted by Gasteiger charge is -2.15. The summed E-state index contributed by atoms with van der Waals surface area (Å²) in [5, 5.41) is 0.972. The molecule has 2 aromatic carbocycles. The summed E-state index contributed by atoms with van der Waals surface area (Å²) in [6.45, 7) is 0. The zero-order chi connectivity index (χ0) is 18.0. The van der Waals surface area contributed by atoms with Gasteiger partial charge in [-0.3, -0.25) is 9.59 Å². The molecule has 7 heteroatoms. The fraction of sp³-hybridized carbons (Fsp3) is 0.0556. The summed E-state index contributed by atoms with van der Waals surface area (Å²) in [4.78, 5) is 38.4. The molecule has 0 radical (unpaired) electrons. The predicted octanol–water partition coefficient (Wildman–Crippen LogP) is 2.05. The molecule has 0 aliphatic rings. The van der Waals surface area contributed by atoms with Gasteiger partial charge in [0.25, 0.3) is 11.5 Å². The first-order chi connectivity index (χ1) is 12.0. The molecule has 3 N–H and O–H groups in total. The van der Waals surface area contributed by atoms with Crippen LogP contribution in [0, 0.1) is 5.82 Å². The Labute approximate surface area is 141 Å². The van der Waals surface area contributed by atoms with Crippen molar-refractivity contribution in [3.8, 4) is 0 Å². The Kier molecular flexibility index (Phi) is 4.30. The van der Waals surface area contributed by atoms with Crippen molar-refractivity contribution in [2.75, 3.05) is 0 Å². The van der Waals surface area contributed by atoms with Crippen LogP contribution in [0.2, 0.25) is 0 Å². The second-order valence-corrected chi connectivity index (χ2v) is 5.34. The first kappa shape index (κ1) is 16.4. The number of fused-ring (bicyclic) bond motifs is 1. The number of benzene rings is 2. The predicted molar refractivity (Wildman–Crippen MR) is 88.3 cm³/mol. The largest absolute Gasteiger partial charge is 0.443 e. The van der Waals surface area contributed by atoms with E-state index >= 15 is 0 Å². The van der Waals surface area contributed by atoms with E-state index in [1.165, 1.54) is 18.2 Å². The fourth-order valence-electron chi connectivity index (χ4n) is 2.42. The molecule has 6 nitrogen and oxygen atoms in total. The van der Waals surface area contributed by atoms with Gasteiger partial charge in [0.15, 0.2) is 0 Å². The van der Waals surface area contributed by atoms with E-state index in [1.807, 2.05) is 0 Å². The lowest BCUT2D eigenvalue weighted by atomic mass is 10.1. The van der Waals surface area contributed by atoms with Gasteiger partial charge in [0.05, 0.1) is 0 Å². The summed E-state index contributed by atoms with van der Waals surface area (Å²) >= 11 is 0. The highest BCUT2D eigenvalue weighted by Crippen LogP contribution is 2.20. The van der Waals surface area contributed by atoms with Gasteiger partial charge in [0.1, 0.15) is 11.5 Å². The van der Waals surface area contributed by atoms with Crippen molar-refractivity contribution in [2.24, 2.45) is 5.73 Å². The Morgan fingerprint density at radius 1 is 1.08 bits per heavy atom. The smallest absolute Gasteiger partial charge is 0.355 e. The van der Waals surface area contributed by atoms with Crippen molar-refractivity contribution in [1.82, 2.24) is 4.98 Å². The minimum Gasteiger partial charge on any atom is -0.443 e. The Morgan fingerprint density at radius 2 is 1.76 bits per heavy atom. The number of carbonyl (C=O) groups is 2. The molecular formula is C18H13FN2O4. The molecule has 0 saturated carbocycles. The highest BCUT2D eigenvalue weighted by molar-refractivity contribution is 5.94. The number of aromatic amines is 1. The molecule has 1 heterocycles. The first-order valence-corrected chi connectivity index (χ1v) is 7.33. The first-order valence-electron chi connectivity index (χ1n) is 7.33. The Bertz CT molecular complexity index is 1010. The maximum atomic E-state index is 13.0. The van der Waals surface area contributed by atoms with Gasteiger partial charge in [-0.2, -0.15) is 0 Å². The summed E-state index contributed by atoms with van der Waals surface area (Å²) in [6.07, 6.45) is -1.40. The molecule has 1 amide bonds. The number of carbonyl (C=O) groups excluding carboxylic acids is 2. The van der Waals surface area contributed by atoms with Gasteiger partial charge in [-0.05, 0) is 29.7 Å². The molecule has 0 saturated heterocycles. The molecule has 0 spiro atoms. The van der Waals surface area contributed by atoms with E-state index < -0.39 is 29.4 Å². The molecule has 25 heavy (non-hydrogen) atoms. The third-order valence-corrected chi connectivity index (χ3v) is 3.63. The third-order valence-electron chi connectivity index (χ3n) is 3.63. The third kappa shape index (κ3) is 3.40. The lowest BCUT2D eigenvalue weighted by Crippen LogP contribution is -2.27. The summed E-state index contributed by atoms with van der Waals surface area (Å²) in [6, 6.07) is 13.0. The molecule has 0 aliphatic heterocycles. The van der Waals surface area contributed by atoms with Crippen LogP contribution in [0.3, 0.4) is 0 Å². The Balaban J connectivity index is 1.93. The van der Waals surface area contributed by atoms with E-state index in [-0.39, 0.29) is 11.3 Å². The number of primary amides is 1. The van der Waals surface area contributed by atoms with Crippen LogP contribution in [0.5, 0.6) is 0 Å². The van der Waals surface area contributed by atoms with Crippen LogP contribution in [0.4, 0.5) is 4.39 Å². The standard InChI is InChI=1S/C18H13FN2O4/c19-12-7-5-10(6-8-12)15(16(20)22)25-18(24)14-9-11-3-1-2-4-13(11)17(23)21-14/h1-9,15H,(H2,20,22)(H,21,23)/t15-/m1/s1. The normalized spacial score (nSPS) is 11.9. The van der Waals surface area contributed by atoms with Gasteiger partial charge in [0.2, 0.25) is 6.10 Å². The topological polar surface area (TPSA) is 102 Å². The van der Waals surface area contributed by atoms with Crippen molar-refractivity contribution in [2.45, 2.75) is 6.10 Å². The Morgan fingerprint density at radius 3 is 2.44 bits per heavy atom. The number of pyridine rings is 1. The molecule has 1 aromatic heterocycles. The zero-order valence-corrected chi connectivity index (χ0v) is 12.9. The van der Waals surface area contributed by atoms with Gasteiger partial charge in [-0.1, -0.05) is 30.3 Å². The average Bonchev–Trinajstić information content (AvgIpc) is 2.60. The van der Waals surface area contributed by atoms with Gasteiger partial charge in [-0.15, -0.1) is 0 Å². The molecule has 3 rings (SSSR count). The zero-order valence-electron chi connectivity index (χ0n) is 12.9. The maximum absolute atomic E-state index is 13.0. The second-order valence-electron chi connectivity index (χ2n) is 5.34. The highest BCUT2D eigenvalue weighted by Gasteiger charge is 2.24. The molecular weight excluding hydrogens is 327 g/mol.